The van der Waals surface area contributed by atoms with E-state index in [4.69, 9.17) is 33.3 Å². The molecule has 0 aromatic heterocycles. The van der Waals surface area contributed by atoms with Gasteiger partial charge in [-0.25, -0.2) is 0 Å². The van der Waals surface area contributed by atoms with Crippen LogP contribution in [0.5, 0.6) is 0 Å². The molecule has 1 atom stereocenters. The van der Waals surface area contributed by atoms with Crippen molar-refractivity contribution in [3.63, 3.8) is 0 Å². The molecule has 0 amide bonds. The average molecular weight is 453 g/mol. The third kappa shape index (κ3) is 8.34. The van der Waals surface area contributed by atoms with Crippen LogP contribution in [-0.2, 0) is 4.74 Å². The molecule has 1 rings (SSSR count). The van der Waals surface area contributed by atoms with Crippen molar-refractivity contribution >= 4 is 34.8 Å². The molecule has 1 aromatic carbocycles. The minimum absolute atomic E-state index is 0.117. The first-order valence-electron chi connectivity index (χ1n) is 8.33. The predicted molar refractivity (Wildman–Crippen MR) is 97.8 cm³/mol. The van der Waals surface area contributed by atoms with Gasteiger partial charge in [-0.15, -0.1) is 11.6 Å². The van der Waals surface area contributed by atoms with Gasteiger partial charge in [-0.05, 0) is 43.5 Å². The number of anilines is 1. The number of hydrogen-bond acceptors (Lipinski definition) is 3. The number of rotatable bonds is 9. The number of benzene rings is 1. The van der Waals surface area contributed by atoms with Gasteiger partial charge in [-0.3, -0.25) is 5.41 Å². The van der Waals surface area contributed by atoms with Crippen LogP contribution in [0.25, 0.3) is 0 Å². The second-order valence-electron chi connectivity index (χ2n) is 5.97. The van der Waals surface area contributed by atoms with Crippen molar-refractivity contribution in [3.8, 4) is 0 Å². The Morgan fingerprint density at radius 3 is 2.18 bits per heavy atom. The Balaban J connectivity index is 3.34. The van der Waals surface area contributed by atoms with Crippen molar-refractivity contribution < 1.29 is 31.1 Å². The average Bonchev–Trinajstić information content (AvgIpc) is 2.53. The van der Waals surface area contributed by atoms with Crippen LogP contribution >= 0.6 is 23.2 Å². The van der Waals surface area contributed by atoms with Crippen molar-refractivity contribution in [2.24, 2.45) is 0 Å². The standard InChI is InChI=1S/C17H20Cl2F6N2O/c1-2-28-15(26)12(4-3-7-18)13-8-11(5-6-14(13)19)27(9-16(20,21)22)10-17(23,24)25/h5-6,8,12,26H,2-4,7,9-10H2,1H3. The van der Waals surface area contributed by atoms with E-state index in [2.05, 4.69) is 0 Å². The highest BCUT2D eigenvalue weighted by Gasteiger charge is 2.38. The summed E-state index contributed by atoms with van der Waals surface area (Å²) in [5.74, 6) is -0.642. The van der Waals surface area contributed by atoms with Gasteiger partial charge in [0.1, 0.15) is 13.1 Å². The van der Waals surface area contributed by atoms with Crippen molar-refractivity contribution in [1.82, 2.24) is 0 Å². The van der Waals surface area contributed by atoms with Crippen LogP contribution in [0.1, 0.15) is 31.2 Å². The molecule has 0 fully saturated rings. The van der Waals surface area contributed by atoms with Gasteiger partial charge in [0.05, 0.1) is 12.5 Å². The van der Waals surface area contributed by atoms with Crippen molar-refractivity contribution in [1.29, 1.82) is 5.41 Å². The van der Waals surface area contributed by atoms with E-state index in [-0.39, 0.29) is 39.6 Å². The van der Waals surface area contributed by atoms with Crippen LogP contribution in [0, 0.1) is 5.41 Å². The van der Waals surface area contributed by atoms with Crippen LogP contribution in [-0.4, -0.2) is 43.8 Å². The van der Waals surface area contributed by atoms with Crippen molar-refractivity contribution in [2.45, 2.75) is 38.0 Å². The molecule has 11 heteroatoms. The first-order chi connectivity index (χ1) is 12.9. The lowest BCUT2D eigenvalue weighted by Crippen LogP contribution is -2.40. The normalized spacial score (nSPS) is 13.3. The number of nitrogens with zero attached hydrogens (tertiary/aromatic N) is 1. The fourth-order valence-corrected chi connectivity index (χ4v) is 3.03. The highest BCUT2D eigenvalue weighted by molar-refractivity contribution is 6.31. The van der Waals surface area contributed by atoms with Gasteiger partial charge >= 0.3 is 12.4 Å². The van der Waals surface area contributed by atoms with Crippen LogP contribution in [0.4, 0.5) is 32.0 Å². The summed E-state index contributed by atoms with van der Waals surface area (Å²) in [6.45, 7) is -1.72. The Morgan fingerprint density at radius 2 is 1.71 bits per heavy atom. The van der Waals surface area contributed by atoms with E-state index in [1.54, 1.807) is 6.92 Å². The lowest BCUT2D eigenvalue weighted by atomic mass is 9.93. The maximum Gasteiger partial charge on any atom is 0.405 e. The molecule has 1 N–H and O–H groups in total. The Hall–Kier alpha value is -1.35. The Bertz CT molecular complexity index is 636. The summed E-state index contributed by atoms with van der Waals surface area (Å²) in [6.07, 6.45) is -8.90. The first kappa shape index (κ1) is 24.7. The van der Waals surface area contributed by atoms with Gasteiger partial charge < -0.3 is 9.64 Å². The zero-order valence-electron chi connectivity index (χ0n) is 14.9. The summed E-state index contributed by atoms with van der Waals surface area (Å²) in [6, 6.07) is 3.46. The Morgan fingerprint density at radius 1 is 1.14 bits per heavy atom. The van der Waals surface area contributed by atoms with E-state index < -0.39 is 31.4 Å². The van der Waals surface area contributed by atoms with E-state index in [1.165, 1.54) is 6.07 Å². The van der Waals surface area contributed by atoms with Crippen LogP contribution in [0.2, 0.25) is 5.02 Å². The molecule has 0 spiro atoms. The minimum Gasteiger partial charge on any atom is -0.481 e. The van der Waals surface area contributed by atoms with Crippen LogP contribution in [0.3, 0.4) is 0 Å². The largest absolute Gasteiger partial charge is 0.481 e. The summed E-state index contributed by atoms with van der Waals surface area (Å²) in [4.78, 5) is 0.183. The lowest BCUT2D eigenvalue weighted by Gasteiger charge is -2.28. The number of hydrogen-bond donors (Lipinski definition) is 1. The molecule has 160 valence electrons. The van der Waals surface area contributed by atoms with Crippen LogP contribution in [0.15, 0.2) is 18.2 Å². The Labute approximate surface area is 169 Å². The maximum atomic E-state index is 12.8. The zero-order chi connectivity index (χ0) is 21.5. The minimum atomic E-state index is -4.83. The highest BCUT2D eigenvalue weighted by Crippen LogP contribution is 2.35. The molecule has 0 heterocycles. The third-order valence-electron chi connectivity index (χ3n) is 3.70. The van der Waals surface area contributed by atoms with Gasteiger partial charge in [-0.2, -0.15) is 26.3 Å². The quantitative estimate of drug-likeness (QED) is 0.204. The summed E-state index contributed by atoms with van der Waals surface area (Å²) >= 11 is 11.8. The highest BCUT2D eigenvalue weighted by atomic mass is 35.5. The molecular weight excluding hydrogens is 433 g/mol. The molecule has 0 aliphatic rings. The number of halogens is 8. The SMILES string of the molecule is CCOC(=N)C(CCCCl)c1cc(N(CC(F)(F)F)CC(F)(F)F)ccc1Cl. The van der Waals surface area contributed by atoms with Gasteiger partial charge in [0.2, 0.25) is 0 Å². The zero-order valence-corrected chi connectivity index (χ0v) is 16.4. The number of ether oxygens (including phenoxy) is 1. The molecule has 1 unspecified atom stereocenters. The van der Waals surface area contributed by atoms with Crippen molar-refractivity contribution in [3.05, 3.63) is 28.8 Å². The molecule has 3 nitrogen and oxygen atoms in total. The first-order valence-corrected chi connectivity index (χ1v) is 9.24. The topological polar surface area (TPSA) is 36.3 Å². The maximum absolute atomic E-state index is 12.8. The summed E-state index contributed by atoms with van der Waals surface area (Å²) < 4.78 is 82.0. The van der Waals surface area contributed by atoms with Gasteiger partial charge in [0, 0.05) is 16.6 Å². The van der Waals surface area contributed by atoms with Gasteiger partial charge in [0.25, 0.3) is 0 Å². The Kier molecular flexibility index (Phi) is 9.20. The van der Waals surface area contributed by atoms with Gasteiger partial charge in [0.15, 0.2) is 5.90 Å². The summed E-state index contributed by atoms with van der Waals surface area (Å²) in [5.41, 5.74) is -0.0775. The lowest BCUT2D eigenvalue weighted by molar-refractivity contribution is -0.137. The molecule has 28 heavy (non-hydrogen) atoms. The molecule has 0 radical (unpaired) electrons. The third-order valence-corrected chi connectivity index (χ3v) is 4.31. The van der Waals surface area contributed by atoms with E-state index in [9.17, 15) is 26.3 Å². The number of alkyl halides is 7. The molecule has 0 saturated heterocycles. The number of nitrogens with one attached hydrogen (secondary N) is 1. The molecule has 0 aliphatic carbocycles. The molecule has 0 saturated carbocycles. The van der Waals surface area contributed by atoms with E-state index in [1.807, 2.05) is 0 Å². The summed E-state index contributed by atoms with van der Waals surface area (Å²) in [5, 5.41) is 8.14. The van der Waals surface area contributed by atoms with Crippen molar-refractivity contribution in [2.75, 3.05) is 30.5 Å². The van der Waals surface area contributed by atoms with E-state index in [0.717, 1.165) is 12.1 Å². The fraction of sp³-hybridized carbons (Fsp3) is 0.588. The second kappa shape index (κ2) is 10.4. The van der Waals surface area contributed by atoms with E-state index >= 15 is 0 Å². The van der Waals surface area contributed by atoms with Gasteiger partial charge in [-0.1, -0.05) is 11.6 Å². The monoisotopic (exact) mass is 452 g/mol. The van der Waals surface area contributed by atoms with Crippen LogP contribution < -0.4 is 4.90 Å². The van der Waals surface area contributed by atoms with E-state index in [0.29, 0.717) is 12.8 Å². The molecule has 1 aromatic rings. The smallest absolute Gasteiger partial charge is 0.405 e. The molecular formula is C17H20Cl2F6N2O. The summed E-state index contributed by atoms with van der Waals surface area (Å²) in [7, 11) is 0. The molecule has 0 aliphatic heterocycles. The second-order valence-corrected chi connectivity index (χ2v) is 6.76. The predicted octanol–water partition coefficient (Wildman–Crippen LogP) is 6.39. The molecule has 0 bridgehead atoms. The fourth-order valence-electron chi connectivity index (χ4n) is 2.63.